The van der Waals surface area contributed by atoms with Crippen molar-refractivity contribution in [2.75, 3.05) is 18.0 Å². The van der Waals surface area contributed by atoms with Gasteiger partial charge >= 0.3 is 0 Å². The van der Waals surface area contributed by atoms with E-state index in [1.807, 2.05) is 6.92 Å². The van der Waals surface area contributed by atoms with Crippen molar-refractivity contribution in [3.63, 3.8) is 0 Å². The van der Waals surface area contributed by atoms with Crippen molar-refractivity contribution in [3.05, 3.63) is 5.82 Å². The lowest BCUT2D eigenvalue weighted by Crippen LogP contribution is -2.48. The van der Waals surface area contributed by atoms with Crippen LogP contribution in [-0.4, -0.2) is 28.5 Å². The number of hydrogen-bond donors (Lipinski definition) is 1. The van der Waals surface area contributed by atoms with Crippen LogP contribution >= 0.6 is 11.5 Å². The van der Waals surface area contributed by atoms with Crippen LogP contribution in [0.4, 0.5) is 5.13 Å². The van der Waals surface area contributed by atoms with Crippen molar-refractivity contribution in [2.45, 2.75) is 25.8 Å². The minimum atomic E-state index is 0.426. The summed E-state index contributed by atoms with van der Waals surface area (Å²) in [7, 11) is 0. The minimum Gasteiger partial charge on any atom is -0.346 e. The van der Waals surface area contributed by atoms with Crippen LogP contribution in [0.25, 0.3) is 0 Å². The molecule has 2 aliphatic rings. The Hall–Kier alpha value is -0.680. The molecule has 2 N–H and O–H groups in total. The van der Waals surface area contributed by atoms with Gasteiger partial charge in [-0.3, -0.25) is 0 Å². The summed E-state index contributed by atoms with van der Waals surface area (Å²) in [4.78, 5) is 6.82. The highest BCUT2D eigenvalue weighted by atomic mass is 32.1. The zero-order chi connectivity index (χ0) is 10.4. The Morgan fingerprint density at radius 1 is 1.33 bits per heavy atom. The van der Waals surface area contributed by atoms with Crippen molar-refractivity contribution in [1.29, 1.82) is 0 Å². The van der Waals surface area contributed by atoms with Crippen LogP contribution in [0, 0.1) is 18.8 Å². The summed E-state index contributed by atoms with van der Waals surface area (Å²) in [5.74, 6) is 2.23. The van der Waals surface area contributed by atoms with Crippen LogP contribution in [0.5, 0.6) is 0 Å². The monoisotopic (exact) mass is 224 g/mol. The molecule has 5 heteroatoms. The van der Waals surface area contributed by atoms with Crippen LogP contribution in [0.15, 0.2) is 0 Å². The zero-order valence-corrected chi connectivity index (χ0v) is 9.70. The first-order valence-electron chi connectivity index (χ1n) is 5.55. The van der Waals surface area contributed by atoms with Crippen LogP contribution in [0.2, 0.25) is 0 Å². The fraction of sp³-hybridized carbons (Fsp3) is 0.800. The number of piperidine rings is 1. The highest BCUT2D eigenvalue weighted by Crippen LogP contribution is 2.37. The summed E-state index contributed by atoms with van der Waals surface area (Å²) in [6, 6.07) is 0.426. The molecule has 3 atom stereocenters. The lowest BCUT2D eigenvalue weighted by atomic mass is 9.93. The average molecular weight is 224 g/mol. The van der Waals surface area contributed by atoms with Gasteiger partial charge in [0.05, 0.1) is 0 Å². The van der Waals surface area contributed by atoms with E-state index in [4.69, 9.17) is 5.73 Å². The predicted octanol–water partition coefficient (Wildman–Crippen LogP) is 1.02. The molecule has 2 fully saturated rings. The second-order valence-electron chi connectivity index (χ2n) is 4.70. The van der Waals surface area contributed by atoms with Gasteiger partial charge in [-0.2, -0.15) is 4.37 Å². The van der Waals surface area contributed by atoms with Crippen LogP contribution in [0.1, 0.15) is 18.7 Å². The normalized spacial score (nSPS) is 34.8. The Bertz CT molecular complexity index is 350. The summed E-state index contributed by atoms with van der Waals surface area (Å²) in [6.07, 6.45) is 2.58. The third-order valence-corrected chi connectivity index (χ3v) is 4.56. The topological polar surface area (TPSA) is 55.0 Å². The summed E-state index contributed by atoms with van der Waals surface area (Å²) >= 11 is 1.51. The summed E-state index contributed by atoms with van der Waals surface area (Å²) in [5, 5.41) is 1.08. The SMILES string of the molecule is Cc1nsc(N2C[C@H]3CC[C@@H](C2)[C@@H]3N)n1. The summed E-state index contributed by atoms with van der Waals surface area (Å²) in [5.41, 5.74) is 6.17. The quantitative estimate of drug-likeness (QED) is 0.774. The number of aryl methyl sites for hydroxylation is 1. The first kappa shape index (κ1) is 9.54. The largest absolute Gasteiger partial charge is 0.346 e. The molecule has 1 aromatic heterocycles. The molecule has 2 heterocycles. The lowest BCUT2D eigenvalue weighted by Gasteiger charge is -2.35. The van der Waals surface area contributed by atoms with Crippen LogP contribution in [0.3, 0.4) is 0 Å². The maximum Gasteiger partial charge on any atom is 0.205 e. The molecule has 1 aliphatic heterocycles. The van der Waals surface area contributed by atoms with E-state index in [0.717, 1.165) is 24.0 Å². The predicted molar refractivity (Wildman–Crippen MR) is 61.0 cm³/mol. The summed E-state index contributed by atoms with van der Waals surface area (Å²) in [6.45, 7) is 4.10. The van der Waals surface area contributed by atoms with Crippen molar-refractivity contribution in [3.8, 4) is 0 Å². The molecule has 1 aromatic rings. The van der Waals surface area contributed by atoms with E-state index >= 15 is 0 Å². The fourth-order valence-corrected chi connectivity index (χ4v) is 3.53. The van der Waals surface area contributed by atoms with Gasteiger partial charge in [0.1, 0.15) is 5.82 Å². The first-order valence-corrected chi connectivity index (χ1v) is 6.32. The molecule has 3 rings (SSSR count). The maximum atomic E-state index is 6.17. The third-order valence-electron chi connectivity index (χ3n) is 3.69. The van der Waals surface area contributed by atoms with Crippen molar-refractivity contribution in [1.82, 2.24) is 9.36 Å². The Morgan fingerprint density at radius 3 is 2.53 bits per heavy atom. The molecule has 0 unspecified atom stereocenters. The molecule has 2 bridgehead atoms. The van der Waals surface area contributed by atoms with Gasteiger partial charge in [-0.05, 0) is 31.6 Å². The van der Waals surface area contributed by atoms with Gasteiger partial charge in [0.2, 0.25) is 5.13 Å². The molecule has 1 saturated carbocycles. The number of rotatable bonds is 1. The lowest BCUT2D eigenvalue weighted by molar-refractivity contribution is 0.356. The smallest absolute Gasteiger partial charge is 0.205 e. The maximum absolute atomic E-state index is 6.17. The average Bonchev–Trinajstić information content (AvgIpc) is 2.70. The standard InChI is InChI=1S/C10H16N4S/c1-6-12-10(15-13-6)14-4-7-2-3-8(5-14)9(7)11/h7-9H,2-5,11H2,1H3/t7-,8+,9-. The van der Waals surface area contributed by atoms with E-state index < -0.39 is 0 Å². The van der Waals surface area contributed by atoms with Gasteiger partial charge < -0.3 is 10.6 Å². The van der Waals surface area contributed by atoms with E-state index in [-0.39, 0.29) is 0 Å². The molecule has 0 spiro atoms. The number of anilines is 1. The Morgan fingerprint density at radius 2 is 2.00 bits per heavy atom. The molecular formula is C10H16N4S. The van der Waals surface area contributed by atoms with Gasteiger partial charge in [-0.1, -0.05) is 0 Å². The number of aromatic nitrogens is 2. The van der Waals surface area contributed by atoms with E-state index in [2.05, 4.69) is 14.3 Å². The van der Waals surface area contributed by atoms with Gasteiger partial charge in [-0.25, -0.2) is 4.98 Å². The minimum absolute atomic E-state index is 0.426. The van der Waals surface area contributed by atoms with E-state index in [1.165, 1.54) is 24.4 Å². The fourth-order valence-electron chi connectivity index (χ4n) is 2.84. The van der Waals surface area contributed by atoms with Crippen LogP contribution in [-0.2, 0) is 0 Å². The molecule has 1 aliphatic carbocycles. The Balaban J connectivity index is 1.80. The highest BCUT2D eigenvalue weighted by molar-refractivity contribution is 7.09. The Kier molecular flexibility index (Phi) is 2.17. The van der Waals surface area contributed by atoms with Crippen molar-refractivity contribution < 1.29 is 0 Å². The number of hydrogen-bond acceptors (Lipinski definition) is 5. The number of fused-ring (bicyclic) bond motifs is 2. The Labute approximate surface area is 93.7 Å². The van der Waals surface area contributed by atoms with E-state index in [9.17, 15) is 0 Å². The van der Waals surface area contributed by atoms with Crippen molar-refractivity contribution in [2.24, 2.45) is 17.6 Å². The molecule has 0 amide bonds. The molecule has 1 saturated heterocycles. The second kappa shape index (κ2) is 3.42. The zero-order valence-electron chi connectivity index (χ0n) is 8.89. The molecular weight excluding hydrogens is 208 g/mol. The van der Waals surface area contributed by atoms with Crippen LogP contribution < -0.4 is 10.6 Å². The first-order chi connectivity index (χ1) is 7.24. The molecule has 4 nitrogen and oxygen atoms in total. The van der Waals surface area contributed by atoms with E-state index in [1.54, 1.807) is 0 Å². The molecule has 0 radical (unpaired) electrons. The number of nitrogens with zero attached hydrogens (tertiary/aromatic N) is 3. The summed E-state index contributed by atoms with van der Waals surface area (Å²) < 4.78 is 4.24. The third kappa shape index (κ3) is 1.54. The van der Waals surface area contributed by atoms with Crippen molar-refractivity contribution >= 4 is 16.7 Å². The molecule has 82 valence electrons. The highest BCUT2D eigenvalue weighted by Gasteiger charge is 2.40. The van der Waals surface area contributed by atoms with Gasteiger partial charge in [0.25, 0.3) is 0 Å². The van der Waals surface area contributed by atoms with Gasteiger partial charge in [0, 0.05) is 30.7 Å². The van der Waals surface area contributed by atoms with Gasteiger partial charge in [-0.15, -0.1) is 0 Å². The van der Waals surface area contributed by atoms with E-state index in [0.29, 0.717) is 17.9 Å². The second-order valence-corrected chi connectivity index (χ2v) is 5.43. The number of nitrogens with two attached hydrogens (primary N) is 1. The molecule has 15 heavy (non-hydrogen) atoms. The van der Waals surface area contributed by atoms with Gasteiger partial charge in [0.15, 0.2) is 0 Å². The molecule has 0 aromatic carbocycles.